The third-order valence-corrected chi connectivity index (χ3v) is 3.81. The van der Waals surface area contributed by atoms with Crippen LogP contribution in [-0.2, 0) is 0 Å². The third-order valence-electron chi connectivity index (χ3n) is 3.52. The summed E-state index contributed by atoms with van der Waals surface area (Å²) in [7, 11) is 4.13. The molecule has 2 rings (SSSR count). The Kier molecular flexibility index (Phi) is 4.30. The van der Waals surface area contributed by atoms with Crippen molar-refractivity contribution in [2.45, 2.75) is 18.9 Å². The van der Waals surface area contributed by atoms with Gasteiger partial charge in [-0.3, -0.25) is 4.90 Å². The maximum absolute atomic E-state index is 6.13. The molecule has 0 aromatic heterocycles. The zero-order valence-electron chi connectivity index (χ0n) is 10.7. The van der Waals surface area contributed by atoms with Crippen molar-refractivity contribution in [3.05, 3.63) is 29.8 Å². The maximum Gasteiger partial charge on any atom is 0.0483 e. The lowest BCUT2D eigenvalue weighted by Gasteiger charge is -2.26. The first-order valence-corrected chi connectivity index (χ1v) is 6.83. The van der Waals surface area contributed by atoms with Crippen LogP contribution in [0.15, 0.2) is 24.3 Å². The third kappa shape index (κ3) is 2.93. The Balaban J connectivity index is 2.13. The summed E-state index contributed by atoms with van der Waals surface area (Å²) in [5.74, 6) is 0.682. The first-order chi connectivity index (χ1) is 8.22. The van der Waals surface area contributed by atoms with Gasteiger partial charge in [-0.25, -0.2) is 0 Å². The molecule has 0 aliphatic carbocycles. The number of halogens is 1. The Labute approximate surface area is 109 Å². The van der Waals surface area contributed by atoms with E-state index < -0.39 is 0 Å². The maximum atomic E-state index is 6.13. The van der Waals surface area contributed by atoms with Crippen molar-refractivity contribution in [2.24, 2.45) is 0 Å². The SMILES string of the molecule is CN(C)c1ccc(C(CCl)N2CCCC2)cc1. The summed E-state index contributed by atoms with van der Waals surface area (Å²) in [6.45, 7) is 2.37. The minimum atomic E-state index is 0.385. The summed E-state index contributed by atoms with van der Waals surface area (Å²) >= 11 is 6.13. The Morgan fingerprint density at radius 1 is 1.18 bits per heavy atom. The molecule has 1 heterocycles. The molecule has 1 aromatic carbocycles. The molecule has 0 bridgehead atoms. The zero-order valence-corrected chi connectivity index (χ0v) is 11.5. The number of anilines is 1. The highest BCUT2D eigenvalue weighted by Gasteiger charge is 2.22. The number of nitrogens with zero attached hydrogens (tertiary/aromatic N) is 2. The molecule has 0 spiro atoms. The molecular formula is C14H21ClN2. The summed E-state index contributed by atoms with van der Waals surface area (Å²) in [6, 6.07) is 9.15. The second-order valence-corrected chi connectivity index (χ2v) is 5.21. The van der Waals surface area contributed by atoms with E-state index in [1.807, 2.05) is 0 Å². The molecule has 17 heavy (non-hydrogen) atoms. The van der Waals surface area contributed by atoms with Gasteiger partial charge in [0.1, 0.15) is 0 Å². The number of hydrogen-bond donors (Lipinski definition) is 0. The quantitative estimate of drug-likeness (QED) is 0.760. The lowest BCUT2D eigenvalue weighted by molar-refractivity contribution is 0.266. The largest absolute Gasteiger partial charge is 0.378 e. The van der Waals surface area contributed by atoms with E-state index in [9.17, 15) is 0 Å². The summed E-state index contributed by atoms with van der Waals surface area (Å²) in [5.41, 5.74) is 2.58. The van der Waals surface area contributed by atoms with Crippen molar-refractivity contribution in [1.29, 1.82) is 0 Å². The molecule has 1 aliphatic rings. The molecule has 2 nitrogen and oxygen atoms in total. The molecule has 1 unspecified atom stereocenters. The van der Waals surface area contributed by atoms with Gasteiger partial charge in [-0.15, -0.1) is 11.6 Å². The van der Waals surface area contributed by atoms with Gasteiger partial charge < -0.3 is 4.90 Å². The molecule has 1 fully saturated rings. The number of hydrogen-bond acceptors (Lipinski definition) is 2. The smallest absolute Gasteiger partial charge is 0.0483 e. The first kappa shape index (κ1) is 12.7. The molecule has 0 N–H and O–H groups in total. The van der Waals surface area contributed by atoms with Crippen molar-refractivity contribution in [1.82, 2.24) is 4.90 Å². The zero-order chi connectivity index (χ0) is 12.3. The van der Waals surface area contributed by atoms with Gasteiger partial charge in [-0.05, 0) is 43.6 Å². The molecule has 0 saturated carbocycles. The van der Waals surface area contributed by atoms with Gasteiger partial charge in [0, 0.05) is 31.7 Å². The van der Waals surface area contributed by atoms with Crippen LogP contribution < -0.4 is 4.90 Å². The predicted octanol–water partition coefficient (Wildman–Crippen LogP) is 3.13. The van der Waals surface area contributed by atoms with Crippen LogP contribution in [0.25, 0.3) is 0 Å². The molecule has 0 amide bonds. The fraction of sp³-hybridized carbons (Fsp3) is 0.571. The normalized spacial score (nSPS) is 18.3. The Bertz CT molecular complexity index is 342. The van der Waals surface area contributed by atoms with Crippen molar-refractivity contribution in [3.63, 3.8) is 0 Å². The number of rotatable bonds is 4. The number of benzene rings is 1. The van der Waals surface area contributed by atoms with Gasteiger partial charge in [-0.2, -0.15) is 0 Å². The van der Waals surface area contributed by atoms with Crippen LogP contribution in [0, 0.1) is 0 Å². The van der Waals surface area contributed by atoms with Crippen LogP contribution in [-0.4, -0.2) is 38.0 Å². The van der Waals surface area contributed by atoms with E-state index >= 15 is 0 Å². The average molecular weight is 253 g/mol. The Hall–Kier alpha value is -0.730. The molecule has 0 radical (unpaired) electrons. The molecule has 1 saturated heterocycles. The molecule has 1 aliphatic heterocycles. The van der Waals surface area contributed by atoms with Crippen LogP contribution in [0.3, 0.4) is 0 Å². The van der Waals surface area contributed by atoms with E-state index in [4.69, 9.17) is 11.6 Å². The van der Waals surface area contributed by atoms with Crippen LogP contribution >= 0.6 is 11.6 Å². The number of likely N-dealkylation sites (tertiary alicyclic amines) is 1. The van der Waals surface area contributed by atoms with Gasteiger partial charge in [0.2, 0.25) is 0 Å². The van der Waals surface area contributed by atoms with Crippen LogP contribution in [0.5, 0.6) is 0 Å². The van der Waals surface area contributed by atoms with E-state index in [-0.39, 0.29) is 0 Å². The highest BCUT2D eigenvalue weighted by molar-refractivity contribution is 6.18. The van der Waals surface area contributed by atoms with Gasteiger partial charge in [0.25, 0.3) is 0 Å². The minimum absolute atomic E-state index is 0.385. The van der Waals surface area contributed by atoms with E-state index in [0.717, 1.165) is 0 Å². The van der Waals surface area contributed by atoms with E-state index in [1.54, 1.807) is 0 Å². The van der Waals surface area contributed by atoms with E-state index in [2.05, 4.69) is 48.2 Å². The molecule has 1 atom stereocenters. The van der Waals surface area contributed by atoms with Crippen molar-refractivity contribution in [2.75, 3.05) is 38.0 Å². The molecule has 3 heteroatoms. The van der Waals surface area contributed by atoms with Crippen LogP contribution in [0.4, 0.5) is 5.69 Å². The second-order valence-electron chi connectivity index (χ2n) is 4.90. The topological polar surface area (TPSA) is 6.48 Å². The predicted molar refractivity (Wildman–Crippen MR) is 75.0 cm³/mol. The fourth-order valence-corrected chi connectivity index (χ4v) is 2.82. The van der Waals surface area contributed by atoms with Gasteiger partial charge >= 0.3 is 0 Å². The Morgan fingerprint density at radius 3 is 2.24 bits per heavy atom. The van der Waals surface area contributed by atoms with Gasteiger partial charge in [0.15, 0.2) is 0 Å². The minimum Gasteiger partial charge on any atom is -0.378 e. The van der Waals surface area contributed by atoms with E-state index in [1.165, 1.54) is 37.2 Å². The van der Waals surface area contributed by atoms with Crippen LogP contribution in [0.2, 0.25) is 0 Å². The second kappa shape index (κ2) is 5.74. The summed E-state index contributed by atoms with van der Waals surface area (Å²) in [5, 5.41) is 0. The van der Waals surface area contributed by atoms with E-state index in [0.29, 0.717) is 11.9 Å². The van der Waals surface area contributed by atoms with Crippen molar-refractivity contribution >= 4 is 17.3 Å². The summed E-state index contributed by atoms with van der Waals surface area (Å²) in [6.07, 6.45) is 2.62. The standard InChI is InChI=1S/C14H21ClN2/c1-16(2)13-7-5-12(6-8-13)14(11-15)17-9-3-4-10-17/h5-8,14H,3-4,9-11H2,1-2H3. The highest BCUT2D eigenvalue weighted by atomic mass is 35.5. The van der Waals surface area contributed by atoms with Crippen LogP contribution in [0.1, 0.15) is 24.4 Å². The average Bonchev–Trinajstić information content (AvgIpc) is 2.84. The highest BCUT2D eigenvalue weighted by Crippen LogP contribution is 2.27. The van der Waals surface area contributed by atoms with Crippen molar-refractivity contribution < 1.29 is 0 Å². The lowest BCUT2D eigenvalue weighted by atomic mass is 10.1. The summed E-state index contributed by atoms with van der Waals surface area (Å²) in [4.78, 5) is 4.62. The van der Waals surface area contributed by atoms with Gasteiger partial charge in [0.05, 0.1) is 0 Å². The summed E-state index contributed by atoms with van der Waals surface area (Å²) < 4.78 is 0. The number of alkyl halides is 1. The first-order valence-electron chi connectivity index (χ1n) is 6.29. The molecular weight excluding hydrogens is 232 g/mol. The fourth-order valence-electron chi connectivity index (χ4n) is 2.45. The molecule has 94 valence electrons. The lowest BCUT2D eigenvalue weighted by Crippen LogP contribution is -2.26. The van der Waals surface area contributed by atoms with Gasteiger partial charge in [-0.1, -0.05) is 12.1 Å². The molecule has 1 aromatic rings. The Morgan fingerprint density at radius 2 is 1.76 bits per heavy atom. The van der Waals surface area contributed by atoms with Crippen molar-refractivity contribution in [3.8, 4) is 0 Å². The monoisotopic (exact) mass is 252 g/mol.